The van der Waals surface area contributed by atoms with Crippen LogP contribution in [0.3, 0.4) is 0 Å². The van der Waals surface area contributed by atoms with Crippen LogP contribution in [0.4, 0.5) is 0 Å². The lowest BCUT2D eigenvalue weighted by molar-refractivity contribution is 0.0765. The van der Waals surface area contributed by atoms with E-state index in [0.717, 1.165) is 5.39 Å². The molecule has 0 aliphatic heterocycles. The average molecular weight is 262 g/mol. The molecule has 1 aromatic heterocycles. The zero-order valence-corrected chi connectivity index (χ0v) is 11.1. The van der Waals surface area contributed by atoms with Crippen LogP contribution >= 0.6 is 0 Å². The Morgan fingerprint density at radius 1 is 1.47 bits per heavy atom. The number of methoxy groups -OCH3 is 1. The van der Waals surface area contributed by atoms with E-state index >= 15 is 0 Å². The molecule has 0 bridgehead atoms. The third-order valence-electron chi connectivity index (χ3n) is 2.95. The summed E-state index contributed by atoms with van der Waals surface area (Å²) >= 11 is 0. The third-order valence-corrected chi connectivity index (χ3v) is 2.95. The van der Waals surface area contributed by atoms with Crippen molar-refractivity contribution in [3.63, 3.8) is 0 Å². The molecule has 0 aliphatic rings. The van der Waals surface area contributed by atoms with Gasteiger partial charge < -0.3 is 19.8 Å². The zero-order valence-electron chi connectivity index (χ0n) is 11.1. The van der Waals surface area contributed by atoms with Gasteiger partial charge in [0.25, 0.3) is 5.91 Å². The Kier molecular flexibility index (Phi) is 4.19. The number of hydrogen-bond acceptors (Lipinski definition) is 4. The van der Waals surface area contributed by atoms with Gasteiger partial charge in [0, 0.05) is 32.1 Å². The van der Waals surface area contributed by atoms with Crippen LogP contribution < -0.4 is 5.73 Å². The van der Waals surface area contributed by atoms with Crippen LogP contribution in [-0.2, 0) is 4.74 Å². The van der Waals surface area contributed by atoms with Gasteiger partial charge in [-0.3, -0.25) is 4.79 Å². The lowest BCUT2D eigenvalue weighted by Gasteiger charge is -2.20. The van der Waals surface area contributed by atoms with Gasteiger partial charge >= 0.3 is 0 Å². The highest BCUT2D eigenvalue weighted by molar-refractivity contribution is 6.05. The number of para-hydroxylation sites is 1. The lowest BCUT2D eigenvalue weighted by atomic mass is 10.1. The Balaban J connectivity index is 2.15. The molecular weight excluding hydrogens is 244 g/mol. The fraction of sp³-hybridized carbons (Fsp3) is 0.357. The molecule has 0 saturated carbocycles. The Bertz CT molecular complexity index is 565. The molecule has 0 saturated heterocycles. The van der Waals surface area contributed by atoms with Gasteiger partial charge in [0.05, 0.1) is 12.2 Å². The van der Waals surface area contributed by atoms with Gasteiger partial charge in [0.2, 0.25) is 0 Å². The predicted molar refractivity (Wildman–Crippen MR) is 73.0 cm³/mol. The number of fused-ring (bicyclic) bond motifs is 1. The second-order valence-electron chi connectivity index (χ2n) is 4.55. The van der Waals surface area contributed by atoms with Crippen molar-refractivity contribution in [2.45, 2.75) is 6.04 Å². The Morgan fingerprint density at radius 2 is 2.21 bits per heavy atom. The molecule has 102 valence electrons. The largest absolute Gasteiger partial charge is 0.463 e. The summed E-state index contributed by atoms with van der Waals surface area (Å²) in [6.45, 7) is 0.857. The first-order chi connectivity index (χ1) is 9.13. The van der Waals surface area contributed by atoms with E-state index in [1.807, 2.05) is 24.3 Å². The predicted octanol–water partition coefficient (Wildman–Crippen LogP) is 1.48. The molecule has 0 aliphatic carbocycles. The fourth-order valence-corrected chi connectivity index (χ4v) is 2.05. The van der Waals surface area contributed by atoms with E-state index in [2.05, 4.69) is 0 Å². The second kappa shape index (κ2) is 5.86. The number of likely N-dealkylation sites (N-methyl/N-ethyl adjacent to an activating group) is 1. The summed E-state index contributed by atoms with van der Waals surface area (Å²) in [7, 11) is 3.31. The minimum atomic E-state index is -0.197. The van der Waals surface area contributed by atoms with Crippen LogP contribution in [0.1, 0.15) is 10.4 Å². The zero-order chi connectivity index (χ0) is 13.8. The molecule has 2 N–H and O–H groups in total. The lowest BCUT2D eigenvalue weighted by Crippen LogP contribution is -2.41. The van der Waals surface area contributed by atoms with Crippen molar-refractivity contribution < 1.29 is 13.9 Å². The number of ether oxygens (including phenoxy) is 1. The molecule has 1 atom stereocenters. The van der Waals surface area contributed by atoms with Crippen molar-refractivity contribution in [1.82, 2.24) is 4.90 Å². The van der Waals surface area contributed by atoms with Crippen LogP contribution in [0.5, 0.6) is 0 Å². The maximum absolute atomic E-state index is 12.3. The third kappa shape index (κ3) is 2.94. The minimum absolute atomic E-state index is 0.100. The number of nitrogens with zero attached hydrogens (tertiary/aromatic N) is 1. The molecule has 1 amide bonds. The van der Waals surface area contributed by atoms with E-state index in [4.69, 9.17) is 14.9 Å². The van der Waals surface area contributed by atoms with Crippen LogP contribution in [0.25, 0.3) is 11.0 Å². The summed E-state index contributed by atoms with van der Waals surface area (Å²) in [6, 6.07) is 7.26. The summed E-state index contributed by atoms with van der Waals surface area (Å²) in [5.74, 6) is -0.100. The first kappa shape index (κ1) is 13.6. The quantitative estimate of drug-likeness (QED) is 0.886. The van der Waals surface area contributed by atoms with Crippen molar-refractivity contribution >= 4 is 16.9 Å². The Hall–Kier alpha value is -1.85. The number of carbonyl (C=O) groups is 1. The Labute approximate surface area is 111 Å². The molecular formula is C14H18N2O3. The summed E-state index contributed by atoms with van der Waals surface area (Å²) in [5.41, 5.74) is 7.11. The SMILES string of the molecule is COCC(N)CN(C)C(=O)c1coc2ccccc12. The van der Waals surface area contributed by atoms with Crippen molar-refractivity contribution in [3.8, 4) is 0 Å². The standard InChI is InChI=1S/C14H18N2O3/c1-16(7-10(15)8-18-2)14(17)12-9-19-13-6-4-3-5-11(12)13/h3-6,9-10H,7-8,15H2,1-2H3. The van der Waals surface area contributed by atoms with Gasteiger partial charge in [0.1, 0.15) is 11.8 Å². The topological polar surface area (TPSA) is 68.7 Å². The highest BCUT2D eigenvalue weighted by Crippen LogP contribution is 2.21. The number of furan rings is 1. The maximum Gasteiger partial charge on any atom is 0.257 e. The van der Waals surface area contributed by atoms with Crippen molar-refractivity contribution in [3.05, 3.63) is 36.1 Å². The van der Waals surface area contributed by atoms with E-state index in [1.54, 1.807) is 19.1 Å². The second-order valence-corrected chi connectivity index (χ2v) is 4.55. The van der Waals surface area contributed by atoms with Crippen molar-refractivity contribution in [2.75, 3.05) is 27.3 Å². The maximum atomic E-state index is 12.3. The van der Waals surface area contributed by atoms with Gasteiger partial charge in [-0.05, 0) is 6.07 Å². The van der Waals surface area contributed by atoms with Gasteiger partial charge in [-0.1, -0.05) is 18.2 Å². The van der Waals surface area contributed by atoms with Crippen LogP contribution in [-0.4, -0.2) is 44.2 Å². The summed E-state index contributed by atoms with van der Waals surface area (Å²) < 4.78 is 10.3. The average Bonchev–Trinajstić information content (AvgIpc) is 2.81. The number of nitrogens with two attached hydrogens (primary N) is 1. The van der Waals surface area contributed by atoms with Gasteiger partial charge in [-0.25, -0.2) is 0 Å². The van der Waals surface area contributed by atoms with Gasteiger partial charge in [0.15, 0.2) is 0 Å². The molecule has 1 unspecified atom stereocenters. The molecule has 0 fully saturated rings. The molecule has 0 radical (unpaired) electrons. The number of rotatable bonds is 5. The highest BCUT2D eigenvalue weighted by Gasteiger charge is 2.18. The van der Waals surface area contributed by atoms with Crippen LogP contribution in [0, 0.1) is 0 Å². The number of carbonyl (C=O) groups excluding carboxylic acids is 1. The molecule has 2 rings (SSSR count). The van der Waals surface area contributed by atoms with E-state index in [9.17, 15) is 4.79 Å². The molecule has 5 heteroatoms. The van der Waals surface area contributed by atoms with Gasteiger partial charge in [-0.2, -0.15) is 0 Å². The fourth-order valence-electron chi connectivity index (χ4n) is 2.05. The normalized spacial score (nSPS) is 12.6. The minimum Gasteiger partial charge on any atom is -0.463 e. The molecule has 2 aromatic rings. The summed E-state index contributed by atoms with van der Waals surface area (Å²) in [4.78, 5) is 13.9. The van der Waals surface area contributed by atoms with E-state index in [0.29, 0.717) is 24.3 Å². The van der Waals surface area contributed by atoms with Crippen LogP contribution in [0.15, 0.2) is 34.9 Å². The Morgan fingerprint density at radius 3 is 2.95 bits per heavy atom. The smallest absolute Gasteiger partial charge is 0.257 e. The molecule has 0 spiro atoms. The van der Waals surface area contributed by atoms with E-state index < -0.39 is 0 Å². The summed E-state index contributed by atoms with van der Waals surface area (Å²) in [5, 5.41) is 0.819. The summed E-state index contributed by atoms with van der Waals surface area (Å²) in [6.07, 6.45) is 1.49. The van der Waals surface area contributed by atoms with Crippen LogP contribution in [0.2, 0.25) is 0 Å². The van der Waals surface area contributed by atoms with Crippen molar-refractivity contribution in [1.29, 1.82) is 0 Å². The van der Waals surface area contributed by atoms with Gasteiger partial charge in [-0.15, -0.1) is 0 Å². The molecule has 5 nitrogen and oxygen atoms in total. The highest BCUT2D eigenvalue weighted by atomic mass is 16.5. The number of amides is 1. The molecule has 1 aromatic carbocycles. The molecule has 1 heterocycles. The first-order valence-electron chi connectivity index (χ1n) is 6.09. The first-order valence-corrected chi connectivity index (χ1v) is 6.09. The molecule has 19 heavy (non-hydrogen) atoms. The number of benzene rings is 1. The van der Waals surface area contributed by atoms with E-state index in [-0.39, 0.29) is 11.9 Å². The number of hydrogen-bond donors (Lipinski definition) is 1. The van der Waals surface area contributed by atoms with E-state index in [1.165, 1.54) is 6.26 Å². The van der Waals surface area contributed by atoms with Crippen molar-refractivity contribution in [2.24, 2.45) is 5.73 Å². The monoisotopic (exact) mass is 262 g/mol.